The number of nitrogens with zero attached hydrogens (tertiary/aromatic N) is 1. The molecule has 0 unspecified atom stereocenters. The first-order valence-corrected chi connectivity index (χ1v) is 11.0. The van der Waals surface area contributed by atoms with Crippen LogP contribution in [0.1, 0.15) is 11.3 Å². The van der Waals surface area contributed by atoms with E-state index in [-0.39, 0.29) is 11.6 Å². The van der Waals surface area contributed by atoms with Gasteiger partial charge in [0.05, 0.1) is 18.4 Å². The Kier molecular flexibility index (Phi) is 7.00. The summed E-state index contributed by atoms with van der Waals surface area (Å²) in [6.07, 6.45) is 0. The van der Waals surface area contributed by atoms with E-state index in [1.54, 1.807) is 38.4 Å². The number of hydrogen-bond acceptors (Lipinski definition) is 7. The van der Waals surface area contributed by atoms with Gasteiger partial charge in [0, 0.05) is 62.4 Å². The second-order valence-corrected chi connectivity index (χ2v) is 7.96. The maximum atomic E-state index is 14.9. The Morgan fingerprint density at radius 2 is 1.94 bits per heavy atom. The van der Waals surface area contributed by atoms with Crippen LogP contribution < -0.4 is 24.8 Å². The van der Waals surface area contributed by atoms with Crippen molar-refractivity contribution in [3.8, 4) is 17.2 Å². The largest absolute Gasteiger partial charge is 0.493 e. The first-order chi connectivity index (χ1) is 16.0. The lowest BCUT2D eigenvalue weighted by molar-refractivity contribution is 0.188. The van der Waals surface area contributed by atoms with E-state index >= 15 is 0 Å². The monoisotopic (exact) mass is 455 g/mol. The summed E-state index contributed by atoms with van der Waals surface area (Å²) in [5, 5.41) is 15.3. The lowest BCUT2D eigenvalue weighted by Crippen LogP contribution is -2.44. The molecule has 1 fully saturated rings. The van der Waals surface area contributed by atoms with Crippen LogP contribution in [0.25, 0.3) is 10.9 Å². The normalized spacial score (nSPS) is 14.3. The molecule has 1 saturated heterocycles. The maximum absolute atomic E-state index is 14.9. The molecule has 2 heterocycles. The van der Waals surface area contributed by atoms with Gasteiger partial charge in [-0.15, -0.1) is 0 Å². The fourth-order valence-corrected chi connectivity index (χ4v) is 3.98. The van der Waals surface area contributed by atoms with Crippen molar-refractivity contribution in [1.29, 1.82) is 5.41 Å². The number of nitrogens with one attached hydrogen (secondary N) is 4. The summed E-state index contributed by atoms with van der Waals surface area (Å²) in [5.74, 6) is 0.339. The molecule has 33 heavy (non-hydrogen) atoms. The number of aryl methyl sites for hydroxylation is 1. The van der Waals surface area contributed by atoms with Gasteiger partial charge >= 0.3 is 0 Å². The van der Waals surface area contributed by atoms with Gasteiger partial charge in [-0.05, 0) is 31.2 Å². The maximum Gasteiger partial charge on any atom is 0.221 e. The minimum Gasteiger partial charge on any atom is -0.493 e. The van der Waals surface area contributed by atoms with Crippen molar-refractivity contribution in [3.05, 3.63) is 47.4 Å². The van der Waals surface area contributed by atoms with Crippen molar-refractivity contribution in [2.45, 2.75) is 6.92 Å². The predicted molar refractivity (Wildman–Crippen MR) is 128 cm³/mol. The zero-order chi connectivity index (χ0) is 23.4. The predicted octanol–water partition coefficient (Wildman–Crippen LogP) is 3.35. The third-order valence-corrected chi connectivity index (χ3v) is 5.74. The summed E-state index contributed by atoms with van der Waals surface area (Å²) in [5.41, 5.74) is 2.60. The molecule has 1 aromatic heterocycles. The number of aromatic nitrogens is 1. The Morgan fingerprint density at radius 1 is 1.15 bits per heavy atom. The fraction of sp³-hybridized carbons (Fsp3) is 0.375. The molecular formula is C24H30FN5O3. The molecule has 0 amide bonds. The van der Waals surface area contributed by atoms with E-state index in [9.17, 15) is 4.39 Å². The number of hydrogen-bond donors (Lipinski definition) is 4. The van der Waals surface area contributed by atoms with E-state index in [1.165, 1.54) is 6.07 Å². The molecule has 0 radical (unpaired) electrons. The zero-order valence-corrected chi connectivity index (χ0v) is 19.2. The number of anilines is 1. The average molecular weight is 456 g/mol. The number of rotatable bonds is 8. The number of fused-ring (bicyclic) bond motifs is 1. The number of halogens is 1. The molecule has 4 rings (SSSR count). The highest BCUT2D eigenvalue weighted by Gasteiger charge is 2.19. The average Bonchev–Trinajstić information content (AvgIpc) is 3.22. The third-order valence-electron chi connectivity index (χ3n) is 5.74. The Balaban J connectivity index is 1.51. The van der Waals surface area contributed by atoms with Crippen molar-refractivity contribution >= 4 is 22.5 Å². The van der Waals surface area contributed by atoms with Crippen LogP contribution in [0.5, 0.6) is 17.2 Å². The van der Waals surface area contributed by atoms with Crippen LogP contribution in [0.3, 0.4) is 0 Å². The Labute approximate surface area is 192 Å². The number of methoxy groups -OCH3 is 1. The molecule has 176 valence electrons. The summed E-state index contributed by atoms with van der Waals surface area (Å²) in [4.78, 5) is 5.44. The van der Waals surface area contributed by atoms with Gasteiger partial charge in [0.1, 0.15) is 6.61 Å². The molecular weight excluding hydrogens is 425 g/mol. The van der Waals surface area contributed by atoms with Gasteiger partial charge in [0.2, 0.25) is 5.90 Å². The van der Waals surface area contributed by atoms with Gasteiger partial charge in [0.15, 0.2) is 23.1 Å². The first kappa shape index (κ1) is 22.9. The highest BCUT2D eigenvalue weighted by molar-refractivity contribution is 6.00. The van der Waals surface area contributed by atoms with Crippen molar-refractivity contribution in [2.24, 2.45) is 0 Å². The highest BCUT2D eigenvalue weighted by atomic mass is 19.1. The summed E-state index contributed by atoms with van der Waals surface area (Å²) in [6.45, 7) is 7.18. The third kappa shape index (κ3) is 5.04. The standard InChI is InChI=1S/C24H30FN5O3/c1-15-12-16-18(29-15)4-5-20(23(16)25)33-24(26)17-13-21(31-3)22(14-19(17)27-2)32-11-10-30-8-6-28-7-9-30/h4-5,12-14,26-29H,6-11H2,1-3H3. The van der Waals surface area contributed by atoms with Crippen LogP contribution in [0, 0.1) is 18.2 Å². The minimum atomic E-state index is -0.507. The topological polar surface area (TPSA) is 94.6 Å². The Hall–Kier alpha value is -3.30. The quantitative estimate of drug-likeness (QED) is 0.307. The van der Waals surface area contributed by atoms with Crippen molar-refractivity contribution in [1.82, 2.24) is 15.2 Å². The molecule has 4 N–H and O–H groups in total. The number of aromatic amines is 1. The van der Waals surface area contributed by atoms with E-state index in [2.05, 4.69) is 20.5 Å². The van der Waals surface area contributed by atoms with Crippen molar-refractivity contribution in [2.75, 3.05) is 58.8 Å². The van der Waals surface area contributed by atoms with E-state index < -0.39 is 5.82 Å². The van der Waals surface area contributed by atoms with Gasteiger partial charge in [0.25, 0.3) is 0 Å². The number of ether oxygens (including phenoxy) is 3. The molecule has 3 aromatic rings. The lowest BCUT2D eigenvalue weighted by Gasteiger charge is -2.27. The van der Waals surface area contributed by atoms with Gasteiger partial charge in [-0.3, -0.25) is 10.3 Å². The smallest absolute Gasteiger partial charge is 0.221 e. The summed E-state index contributed by atoms with van der Waals surface area (Å²) in [6, 6.07) is 8.43. The lowest BCUT2D eigenvalue weighted by atomic mass is 10.1. The first-order valence-electron chi connectivity index (χ1n) is 11.0. The van der Waals surface area contributed by atoms with Crippen LogP contribution in [-0.4, -0.2) is 69.3 Å². The van der Waals surface area contributed by atoms with Gasteiger partial charge in [-0.2, -0.15) is 0 Å². The second-order valence-electron chi connectivity index (χ2n) is 7.96. The molecule has 0 atom stereocenters. The molecule has 0 spiro atoms. The molecule has 2 aromatic carbocycles. The van der Waals surface area contributed by atoms with E-state index in [0.717, 1.165) is 38.4 Å². The van der Waals surface area contributed by atoms with E-state index in [4.69, 9.17) is 19.6 Å². The van der Waals surface area contributed by atoms with Crippen LogP contribution in [0.4, 0.5) is 10.1 Å². The number of piperazine rings is 1. The van der Waals surface area contributed by atoms with E-state index in [0.29, 0.717) is 40.3 Å². The van der Waals surface area contributed by atoms with Crippen LogP contribution in [0.15, 0.2) is 30.3 Å². The second kappa shape index (κ2) is 10.1. The molecule has 1 aliphatic heterocycles. The molecule has 0 aliphatic carbocycles. The molecule has 0 bridgehead atoms. The Bertz CT molecular complexity index is 1140. The summed E-state index contributed by atoms with van der Waals surface area (Å²) >= 11 is 0. The number of benzene rings is 2. The Morgan fingerprint density at radius 3 is 2.67 bits per heavy atom. The summed E-state index contributed by atoms with van der Waals surface area (Å²) in [7, 11) is 3.30. The van der Waals surface area contributed by atoms with Gasteiger partial charge < -0.3 is 29.8 Å². The van der Waals surface area contributed by atoms with Gasteiger partial charge in [-0.25, -0.2) is 4.39 Å². The zero-order valence-electron chi connectivity index (χ0n) is 19.2. The minimum absolute atomic E-state index is 0.0103. The molecule has 0 saturated carbocycles. The molecule has 8 nitrogen and oxygen atoms in total. The SMILES string of the molecule is CNc1cc(OCCN2CCNCC2)c(OC)cc1C(=N)Oc1ccc2[nH]c(C)cc2c1F. The van der Waals surface area contributed by atoms with Crippen LogP contribution >= 0.6 is 0 Å². The molecule has 9 heteroatoms. The van der Waals surface area contributed by atoms with Crippen LogP contribution in [0.2, 0.25) is 0 Å². The molecule has 1 aliphatic rings. The van der Waals surface area contributed by atoms with Crippen LogP contribution in [-0.2, 0) is 0 Å². The van der Waals surface area contributed by atoms with Gasteiger partial charge in [-0.1, -0.05) is 0 Å². The summed E-state index contributed by atoms with van der Waals surface area (Å²) < 4.78 is 32.1. The highest BCUT2D eigenvalue weighted by Crippen LogP contribution is 2.35. The van der Waals surface area contributed by atoms with Crippen molar-refractivity contribution < 1.29 is 18.6 Å². The number of H-pyrrole nitrogens is 1. The van der Waals surface area contributed by atoms with E-state index in [1.807, 2.05) is 6.92 Å². The van der Waals surface area contributed by atoms with Crippen molar-refractivity contribution in [3.63, 3.8) is 0 Å². The fourth-order valence-electron chi connectivity index (χ4n) is 3.98.